The number of hydrogen-bond donors (Lipinski definition) is 0. The first-order valence-corrected chi connectivity index (χ1v) is 16.1. The topological polar surface area (TPSA) is 100 Å². The third-order valence-electron chi connectivity index (χ3n) is 8.53. The number of piperidine rings is 1. The third-order valence-corrected chi connectivity index (χ3v) is 11.2. The van der Waals surface area contributed by atoms with Gasteiger partial charge in [-0.2, -0.15) is 4.31 Å². The van der Waals surface area contributed by atoms with Gasteiger partial charge in [0, 0.05) is 49.9 Å². The van der Waals surface area contributed by atoms with Crippen LogP contribution in [0.25, 0.3) is 11.0 Å². The number of fused-ring (bicyclic) bond motifs is 2. The Kier molecular flexibility index (Phi) is 6.88. The van der Waals surface area contributed by atoms with Gasteiger partial charge in [0.25, 0.3) is 5.91 Å². The molecule has 0 spiro atoms. The maximum Gasteiger partial charge on any atom is 0.336 e. The number of thiophene rings is 1. The molecule has 3 fully saturated rings. The molecule has 7 rings (SSSR count). The van der Waals surface area contributed by atoms with Gasteiger partial charge in [-0.25, -0.2) is 17.6 Å². The SMILES string of the molecule is O=C(c1cccs1)N(CC1C2CN(S(=O)(=O)c3ccc4oc(=O)ccc4c3)CC12)c1ccc(N2CCOCC2)c(F)c1. The Morgan fingerprint density at radius 3 is 2.52 bits per heavy atom. The average molecular weight is 610 g/mol. The number of ether oxygens (including phenoxy) is 1. The molecule has 1 amide bonds. The zero-order valence-corrected chi connectivity index (χ0v) is 24.2. The maximum atomic E-state index is 15.3. The molecule has 42 heavy (non-hydrogen) atoms. The smallest absolute Gasteiger partial charge is 0.336 e. The van der Waals surface area contributed by atoms with Gasteiger partial charge < -0.3 is 19.0 Å². The van der Waals surface area contributed by atoms with E-state index < -0.39 is 15.6 Å². The lowest BCUT2D eigenvalue weighted by Gasteiger charge is -2.30. The summed E-state index contributed by atoms with van der Waals surface area (Å²) in [7, 11) is -3.75. The van der Waals surface area contributed by atoms with Crippen LogP contribution in [0.5, 0.6) is 0 Å². The number of hydrogen-bond acceptors (Lipinski definition) is 8. The van der Waals surface area contributed by atoms with Crippen molar-refractivity contribution in [3.8, 4) is 0 Å². The van der Waals surface area contributed by atoms with Gasteiger partial charge in [0.2, 0.25) is 10.0 Å². The molecule has 2 atom stereocenters. The van der Waals surface area contributed by atoms with Crippen molar-refractivity contribution in [2.45, 2.75) is 4.90 Å². The van der Waals surface area contributed by atoms with Crippen molar-refractivity contribution in [3.05, 3.63) is 87.2 Å². The molecule has 2 unspecified atom stereocenters. The zero-order chi connectivity index (χ0) is 29.0. The molecule has 1 aliphatic carbocycles. The van der Waals surface area contributed by atoms with E-state index in [2.05, 4.69) is 0 Å². The minimum atomic E-state index is -3.75. The van der Waals surface area contributed by atoms with Crippen LogP contribution in [0.3, 0.4) is 0 Å². The highest BCUT2D eigenvalue weighted by Crippen LogP contribution is 2.53. The second kappa shape index (κ2) is 10.6. The van der Waals surface area contributed by atoms with Gasteiger partial charge in [0.05, 0.1) is 28.7 Å². The van der Waals surface area contributed by atoms with Gasteiger partial charge in [-0.3, -0.25) is 4.79 Å². The van der Waals surface area contributed by atoms with E-state index in [-0.39, 0.29) is 34.4 Å². The predicted octanol–water partition coefficient (Wildman–Crippen LogP) is 4.04. The third kappa shape index (κ3) is 4.91. The summed E-state index contributed by atoms with van der Waals surface area (Å²) in [5, 5.41) is 2.37. The largest absolute Gasteiger partial charge is 0.423 e. The fourth-order valence-corrected chi connectivity index (χ4v) is 8.43. The summed E-state index contributed by atoms with van der Waals surface area (Å²) in [5.74, 6) is -0.265. The number of amides is 1. The predicted molar refractivity (Wildman–Crippen MR) is 157 cm³/mol. The lowest BCUT2D eigenvalue weighted by atomic mass is 10.2. The summed E-state index contributed by atoms with van der Waals surface area (Å²) in [6, 6.07) is 15.8. The van der Waals surface area contributed by atoms with Crippen molar-refractivity contribution >= 4 is 49.6 Å². The molecule has 2 saturated heterocycles. The molecule has 4 aromatic rings. The van der Waals surface area contributed by atoms with E-state index in [1.807, 2.05) is 16.3 Å². The number of benzene rings is 2. The van der Waals surface area contributed by atoms with E-state index in [1.165, 1.54) is 46.0 Å². The summed E-state index contributed by atoms with van der Waals surface area (Å²) in [6.45, 7) is 3.38. The Bertz CT molecular complexity index is 1810. The van der Waals surface area contributed by atoms with Crippen LogP contribution in [-0.2, 0) is 14.8 Å². The molecule has 0 radical (unpaired) electrons. The van der Waals surface area contributed by atoms with Crippen LogP contribution in [0.4, 0.5) is 15.8 Å². The highest BCUT2D eigenvalue weighted by molar-refractivity contribution is 7.89. The molecule has 0 bridgehead atoms. The monoisotopic (exact) mass is 609 g/mol. The lowest BCUT2D eigenvalue weighted by Crippen LogP contribution is -2.37. The average Bonchev–Trinajstić information content (AvgIpc) is 3.38. The van der Waals surface area contributed by atoms with Crippen LogP contribution in [0.2, 0.25) is 0 Å². The fraction of sp³-hybridized carbons (Fsp3) is 0.333. The Morgan fingerprint density at radius 1 is 1.02 bits per heavy atom. The highest BCUT2D eigenvalue weighted by Gasteiger charge is 2.58. The number of halogens is 1. The molecule has 218 valence electrons. The Morgan fingerprint density at radius 2 is 1.81 bits per heavy atom. The Hall–Kier alpha value is -3.58. The standard InChI is InChI=1S/C30H28FN3O6S2/c31-25-15-20(4-6-26(25)32-9-11-39-12-10-32)34(30(36)28-2-1-13-41-28)18-24-22-16-33(17-23(22)24)42(37,38)21-5-7-27-19(14-21)3-8-29(35)40-27/h1-8,13-15,22-24H,9-12,16-18H2. The zero-order valence-electron chi connectivity index (χ0n) is 22.5. The van der Waals surface area contributed by atoms with Crippen LogP contribution in [0.1, 0.15) is 9.67 Å². The number of carbonyl (C=O) groups excluding carboxylic acids is 1. The minimum absolute atomic E-state index is 0.105. The normalized spacial score (nSPS) is 22.3. The first kappa shape index (κ1) is 27.3. The van der Waals surface area contributed by atoms with Crippen molar-refractivity contribution in [1.29, 1.82) is 0 Å². The van der Waals surface area contributed by atoms with E-state index in [0.717, 1.165) is 0 Å². The van der Waals surface area contributed by atoms with Crippen molar-refractivity contribution in [3.63, 3.8) is 0 Å². The number of sulfonamides is 1. The summed E-state index contributed by atoms with van der Waals surface area (Å²) >= 11 is 1.34. The van der Waals surface area contributed by atoms with Crippen molar-refractivity contribution in [2.75, 3.05) is 55.7 Å². The number of nitrogens with zero attached hydrogens (tertiary/aromatic N) is 3. The second-order valence-electron chi connectivity index (χ2n) is 10.9. The molecular formula is C30H28FN3O6S2. The molecule has 2 aromatic heterocycles. The van der Waals surface area contributed by atoms with Gasteiger partial charge >= 0.3 is 5.63 Å². The van der Waals surface area contributed by atoms with Crippen LogP contribution in [-0.4, -0.2) is 64.6 Å². The van der Waals surface area contributed by atoms with Gasteiger partial charge in [0.15, 0.2) is 0 Å². The number of anilines is 2. The molecule has 1 saturated carbocycles. The van der Waals surface area contributed by atoms with E-state index >= 15 is 4.39 Å². The number of rotatable bonds is 7. The van der Waals surface area contributed by atoms with Crippen molar-refractivity contribution in [2.24, 2.45) is 17.8 Å². The first-order valence-electron chi connectivity index (χ1n) is 13.8. The van der Waals surface area contributed by atoms with Crippen LogP contribution < -0.4 is 15.4 Å². The summed E-state index contributed by atoms with van der Waals surface area (Å²) in [6.07, 6.45) is 0. The summed E-state index contributed by atoms with van der Waals surface area (Å²) in [4.78, 5) is 29.3. The van der Waals surface area contributed by atoms with Crippen LogP contribution in [0.15, 0.2) is 80.2 Å². The highest BCUT2D eigenvalue weighted by atomic mass is 32.2. The van der Waals surface area contributed by atoms with Crippen LogP contribution in [0, 0.1) is 23.6 Å². The van der Waals surface area contributed by atoms with Gasteiger partial charge in [-0.1, -0.05) is 6.07 Å². The van der Waals surface area contributed by atoms with E-state index in [0.29, 0.717) is 73.2 Å². The molecule has 0 N–H and O–H groups in total. The number of carbonyl (C=O) groups is 1. The quantitative estimate of drug-likeness (QED) is 0.292. The Labute approximate surface area is 245 Å². The molecule has 2 aromatic carbocycles. The van der Waals surface area contributed by atoms with E-state index in [9.17, 15) is 18.0 Å². The molecule has 3 aliphatic rings. The lowest BCUT2D eigenvalue weighted by molar-refractivity contribution is 0.0988. The van der Waals surface area contributed by atoms with E-state index in [4.69, 9.17) is 9.15 Å². The van der Waals surface area contributed by atoms with Gasteiger partial charge in [-0.05, 0) is 71.7 Å². The van der Waals surface area contributed by atoms with Gasteiger partial charge in [0.1, 0.15) is 11.4 Å². The fourth-order valence-electron chi connectivity index (χ4n) is 6.21. The van der Waals surface area contributed by atoms with Crippen molar-refractivity contribution in [1.82, 2.24) is 4.31 Å². The summed E-state index contributed by atoms with van der Waals surface area (Å²) in [5.41, 5.74) is 0.813. The molecule has 4 heterocycles. The molecule has 9 nitrogen and oxygen atoms in total. The van der Waals surface area contributed by atoms with Gasteiger partial charge in [-0.15, -0.1) is 11.3 Å². The summed E-state index contributed by atoms with van der Waals surface area (Å²) < 4.78 is 54.2. The first-order chi connectivity index (χ1) is 20.3. The Balaban J connectivity index is 1.09. The number of morpholine rings is 1. The van der Waals surface area contributed by atoms with Crippen LogP contribution >= 0.6 is 11.3 Å². The maximum absolute atomic E-state index is 15.3. The molecular weight excluding hydrogens is 581 g/mol. The van der Waals surface area contributed by atoms with Crippen molar-refractivity contribution < 1.29 is 26.8 Å². The molecule has 12 heteroatoms. The van der Waals surface area contributed by atoms with E-state index in [1.54, 1.807) is 29.2 Å². The second-order valence-corrected chi connectivity index (χ2v) is 13.8. The minimum Gasteiger partial charge on any atom is -0.423 e. The molecule has 2 aliphatic heterocycles.